The number of nitrogens with one attached hydrogen (secondary N) is 2. The molecule has 0 spiro atoms. The minimum absolute atomic E-state index is 0.0601. The van der Waals surface area contributed by atoms with Gasteiger partial charge in [0.25, 0.3) is 0 Å². The zero-order valence-corrected chi connectivity index (χ0v) is 9.84. The second-order valence-corrected chi connectivity index (χ2v) is 4.89. The van der Waals surface area contributed by atoms with E-state index in [0.29, 0.717) is 12.1 Å². The molecule has 2 fully saturated rings. The normalized spacial score (nSPS) is 22.8. The Labute approximate surface area is 97.1 Å². The van der Waals surface area contributed by atoms with Crippen LogP contribution in [-0.4, -0.2) is 24.6 Å². The molecular formula is C12H22N2O2. The van der Waals surface area contributed by atoms with E-state index in [1.165, 1.54) is 25.7 Å². The van der Waals surface area contributed by atoms with Crippen LogP contribution < -0.4 is 10.8 Å². The Kier molecular flexibility index (Phi) is 4.60. The van der Waals surface area contributed by atoms with Crippen LogP contribution in [0.3, 0.4) is 0 Å². The van der Waals surface area contributed by atoms with Crippen molar-refractivity contribution in [1.29, 1.82) is 0 Å². The Morgan fingerprint density at radius 1 is 1.06 bits per heavy atom. The molecule has 2 saturated carbocycles. The Hall–Kier alpha value is -0.610. The molecule has 0 aromatic heterocycles. The van der Waals surface area contributed by atoms with Gasteiger partial charge in [-0.05, 0) is 25.7 Å². The maximum absolute atomic E-state index is 11.5. The molecule has 0 unspecified atom stereocenters. The van der Waals surface area contributed by atoms with Crippen LogP contribution in [-0.2, 0) is 9.63 Å². The lowest BCUT2D eigenvalue weighted by Crippen LogP contribution is -2.40. The second kappa shape index (κ2) is 6.21. The van der Waals surface area contributed by atoms with E-state index in [1.807, 2.05) is 0 Å². The van der Waals surface area contributed by atoms with Crippen LogP contribution in [0.15, 0.2) is 0 Å². The van der Waals surface area contributed by atoms with Gasteiger partial charge in [0.1, 0.15) is 0 Å². The summed E-state index contributed by atoms with van der Waals surface area (Å²) >= 11 is 0. The van der Waals surface area contributed by atoms with Gasteiger partial charge < -0.3 is 5.32 Å². The quantitative estimate of drug-likeness (QED) is 0.699. The van der Waals surface area contributed by atoms with Crippen molar-refractivity contribution < 1.29 is 9.63 Å². The molecule has 0 bridgehead atoms. The minimum Gasteiger partial charge on any atom is -0.352 e. The van der Waals surface area contributed by atoms with E-state index in [9.17, 15) is 4.79 Å². The van der Waals surface area contributed by atoms with Gasteiger partial charge in [0.2, 0.25) is 5.91 Å². The van der Waals surface area contributed by atoms with Crippen molar-refractivity contribution >= 4 is 5.91 Å². The third-order valence-corrected chi connectivity index (χ3v) is 3.51. The van der Waals surface area contributed by atoms with Gasteiger partial charge in [-0.25, -0.2) is 0 Å². The lowest BCUT2D eigenvalue weighted by molar-refractivity contribution is -0.124. The van der Waals surface area contributed by atoms with Crippen molar-refractivity contribution in [3.8, 4) is 0 Å². The number of hydrogen-bond acceptors (Lipinski definition) is 3. The third kappa shape index (κ3) is 3.76. The highest BCUT2D eigenvalue weighted by Crippen LogP contribution is 2.19. The van der Waals surface area contributed by atoms with E-state index >= 15 is 0 Å². The molecule has 1 amide bonds. The number of hydrogen-bond donors (Lipinski definition) is 2. The number of amides is 1. The molecule has 2 aliphatic carbocycles. The van der Waals surface area contributed by atoms with Crippen LogP contribution in [0.2, 0.25) is 0 Å². The summed E-state index contributed by atoms with van der Waals surface area (Å²) in [6.07, 6.45) is 9.83. The van der Waals surface area contributed by atoms with Crippen molar-refractivity contribution in [2.45, 2.75) is 63.5 Å². The largest absolute Gasteiger partial charge is 0.352 e. The lowest BCUT2D eigenvalue weighted by atomic mass is 10.2. The molecule has 0 heterocycles. The highest BCUT2D eigenvalue weighted by atomic mass is 16.7. The fourth-order valence-electron chi connectivity index (χ4n) is 2.58. The Bertz CT molecular complexity index is 221. The van der Waals surface area contributed by atoms with E-state index in [2.05, 4.69) is 10.8 Å². The van der Waals surface area contributed by atoms with Crippen LogP contribution in [0, 0.1) is 0 Å². The Balaban J connectivity index is 1.52. The van der Waals surface area contributed by atoms with E-state index in [-0.39, 0.29) is 12.5 Å². The molecule has 4 nitrogen and oxygen atoms in total. The molecule has 2 rings (SSSR count). The Morgan fingerprint density at radius 3 is 2.38 bits per heavy atom. The van der Waals surface area contributed by atoms with Crippen molar-refractivity contribution in [3.05, 3.63) is 0 Å². The smallest absolute Gasteiger partial charge is 0.236 e. The molecule has 2 aliphatic rings. The van der Waals surface area contributed by atoms with E-state index in [1.54, 1.807) is 0 Å². The van der Waals surface area contributed by atoms with Crippen LogP contribution in [0.1, 0.15) is 51.4 Å². The van der Waals surface area contributed by atoms with Crippen LogP contribution in [0.5, 0.6) is 0 Å². The summed E-state index contributed by atoms with van der Waals surface area (Å²) in [5.74, 6) is 0.0601. The first-order chi connectivity index (χ1) is 7.84. The van der Waals surface area contributed by atoms with Crippen LogP contribution >= 0.6 is 0 Å². The van der Waals surface area contributed by atoms with Crippen LogP contribution in [0.25, 0.3) is 0 Å². The molecule has 0 saturated heterocycles. The standard InChI is InChI=1S/C12H22N2O2/c15-12(14-10-5-1-2-6-10)9-13-16-11-7-3-4-8-11/h10-11,13H,1-9H2,(H,14,15). The number of rotatable bonds is 5. The van der Waals surface area contributed by atoms with Gasteiger partial charge in [-0.2, -0.15) is 5.48 Å². The molecule has 0 aromatic carbocycles. The molecule has 0 atom stereocenters. The van der Waals surface area contributed by atoms with Crippen LogP contribution in [0.4, 0.5) is 0 Å². The lowest BCUT2D eigenvalue weighted by Gasteiger charge is -2.14. The summed E-state index contributed by atoms with van der Waals surface area (Å²) < 4.78 is 0. The average Bonchev–Trinajstić information content (AvgIpc) is 2.90. The number of carbonyl (C=O) groups is 1. The first-order valence-electron chi connectivity index (χ1n) is 6.52. The average molecular weight is 226 g/mol. The van der Waals surface area contributed by atoms with Crippen molar-refractivity contribution in [1.82, 2.24) is 10.8 Å². The molecular weight excluding hydrogens is 204 g/mol. The zero-order valence-electron chi connectivity index (χ0n) is 9.84. The topological polar surface area (TPSA) is 50.4 Å². The summed E-state index contributed by atoms with van der Waals surface area (Å²) in [4.78, 5) is 16.9. The van der Waals surface area contributed by atoms with Gasteiger partial charge in [-0.15, -0.1) is 0 Å². The van der Waals surface area contributed by atoms with Gasteiger partial charge >= 0.3 is 0 Å². The van der Waals surface area contributed by atoms with E-state index < -0.39 is 0 Å². The van der Waals surface area contributed by atoms with Gasteiger partial charge in [0.15, 0.2) is 0 Å². The summed E-state index contributed by atoms with van der Waals surface area (Å²) in [7, 11) is 0. The Morgan fingerprint density at radius 2 is 1.69 bits per heavy atom. The summed E-state index contributed by atoms with van der Waals surface area (Å²) in [6, 6.07) is 0.404. The summed E-state index contributed by atoms with van der Waals surface area (Å²) in [5, 5.41) is 3.02. The molecule has 92 valence electrons. The fourth-order valence-corrected chi connectivity index (χ4v) is 2.58. The summed E-state index contributed by atoms with van der Waals surface area (Å²) in [6.45, 7) is 0.285. The highest BCUT2D eigenvalue weighted by Gasteiger charge is 2.18. The number of hydroxylamine groups is 1. The maximum Gasteiger partial charge on any atom is 0.236 e. The second-order valence-electron chi connectivity index (χ2n) is 4.89. The van der Waals surface area contributed by atoms with Gasteiger partial charge in [-0.1, -0.05) is 25.7 Å². The zero-order chi connectivity index (χ0) is 11.2. The third-order valence-electron chi connectivity index (χ3n) is 3.51. The molecule has 0 aliphatic heterocycles. The SMILES string of the molecule is O=C(CNOC1CCCC1)NC1CCCC1. The van der Waals surface area contributed by atoms with Gasteiger partial charge in [0.05, 0.1) is 12.6 Å². The van der Waals surface area contributed by atoms with Crippen molar-refractivity contribution in [2.24, 2.45) is 0 Å². The fraction of sp³-hybridized carbons (Fsp3) is 0.917. The predicted molar refractivity (Wildman–Crippen MR) is 61.7 cm³/mol. The molecule has 16 heavy (non-hydrogen) atoms. The summed E-state index contributed by atoms with van der Waals surface area (Å²) in [5.41, 5.74) is 2.79. The molecule has 4 heteroatoms. The molecule has 0 aromatic rings. The van der Waals surface area contributed by atoms with Crippen molar-refractivity contribution in [3.63, 3.8) is 0 Å². The maximum atomic E-state index is 11.5. The monoisotopic (exact) mass is 226 g/mol. The number of carbonyl (C=O) groups excluding carboxylic acids is 1. The molecule has 0 radical (unpaired) electrons. The van der Waals surface area contributed by atoms with Crippen molar-refractivity contribution in [2.75, 3.05) is 6.54 Å². The first kappa shape index (κ1) is 11.9. The van der Waals surface area contributed by atoms with Gasteiger partial charge in [-0.3, -0.25) is 9.63 Å². The highest BCUT2D eigenvalue weighted by molar-refractivity contribution is 5.78. The minimum atomic E-state index is 0.0601. The van der Waals surface area contributed by atoms with E-state index in [0.717, 1.165) is 25.7 Å². The van der Waals surface area contributed by atoms with Gasteiger partial charge in [0, 0.05) is 6.04 Å². The predicted octanol–water partition coefficient (Wildman–Crippen LogP) is 1.51. The van der Waals surface area contributed by atoms with E-state index in [4.69, 9.17) is 4.84 Å². The first-order valence-corrected chi connectivity index (χ1v) is 6.52. The molecule has 2 N–H and O–H groups in total.